The summed E-state index contributed by atoms with van der Waals surface area (Å²) in [5, 5.41) is 30.6. The number of fused-ring (bicyclic) bond motifs is 4. The lowest BCUT2D eigenvalue weighted by atomic mass is 9.43. The Morgan fingerprint density at radius 2 is 1.73 bits per heavy atom. The topological polar surface area (TPSA) is 77.8 Å². The van der Waals surface area contributed by atoms with Crippen molar-refractivity contribution in [2.75, 3.05) is 0 Å². The van der Waals surface area contributed by atoms with Crippen molar-refractivity contribution < 1.29 is 20.1 Å². The second-order valence-electron chi connectivity index (χ2n) is 13.1. The van der Waals surface area contributed by atoms with Crippen LogP contribution < -0.4 is 0 Å². The number of hydrogen-bond acceptors (Lipinski definition) is 3. The molecule has 0 aliphatic heterocycles. The summed E-state index contributed by atoms with van der Waals surface area (Å²) in [5.74, 6) is 0.178. The molecule has 0 heterocycles. The van der Waals surface area contributed by atoms with Crippen LogP contribution in [0.3, 0.4) is 0 Å². The van der Waals surface area contributed by atoms with Crippen LogP contribution in [0.4, 0.5) is 0 Å². The molecule has 4 nitrogen and oxygen atoms in total. The smallest absolute Gasteiger partial charge is 0.327 e. The van der Waals surface area contributed by atoms with Crippen LogP contribution in [0.25, 0.3) is 0 Å². The second kappa shape index (κ2) is 8.22. The maximum atomic E-state index is 10.9. The van der Waals surface area contributed by atoms with E-state index in [1.54, 1.807) is 17.2 Å². The first-order chi connectivity index (χ1) is 15.3. The molecular formula is C29H46O4. The van der Waals surface area contributed by atoms with E-state index in [9.17, 15) is 15.0 Å². The Bertz CT molecular complexity index is 856. The Balaban J connectivity index is 1.63. The minimum atomic E-state index is -0.954. The predicted molar refractivity (Wildman–Crippen MR) is 132 cm³/mol. The zero-order valence-electron chi connectivity index (χ0n) is 21.7. The third kappa shape index (κ3) is 3.57. The molecule has 4 aliphatic rings. The van der Waals surface area contributed by atoms with Crippen LogP contribution >= 0.6 is 0 Å². The van der Waals surface area contributed by atoms with Gasteiger partial charge in [-0.3, -0.25) is 0 Å². The van der Waals surface area contributed by atoms with Crippen LogP contribution in [0.5, 0.6) is 0 Å². The molecule has 0 saturated heterocycles. The standard InChI is InChI=1S/C29H46O4/c1-18(22(30)8-7-9-25(32)33)19-12-16-29(6)21-10-11-23-26(2,3)24(31)14-15-27(23,4)20(21)13-17-28(19,29)5/h7,9,18-19,22-24,30-31H,8,10-17H2,1-6H3,(H,32,33)/b9-7+/t18-,19+,22-,23?,24-,27+,28+,29-/m0/s1. The lowest BCUT2D eigenvalue weighted by molar-refractivity contribution is -0.131. The Labute approximate surface area is 200 Å². The average Bonchev–Trinajstić information content (AvgIpc) is 3.02. The quantitative estimate of drug-likeness (QED) is 0.342. The Morgan fingerprint density at radius 1 is 1.03 bits per heavy atom. The minimum Gasteiger partial charge on any atom is -0.478 e. The van der Waals surface area contributed by atoms with Gasteiger partial charge < -0.3 is 15.3 Å². The normalized spacial score (nSPS) is 44.2. The summed E-state index contributed by atoms with van der Waals surface area (Å²) in [4.78, 5) is 10.8. The first-order valence-corrected chi connectivity index (χ1v) is 13.3. The van der Waals surface area contributed by atoms with E-state index in [2.05, 4.69) is 41.5 Å². The fourth-order valence-corrected chi connectivity index (χ4v) is 9.35. The lowest BCUT2D eigenvalue weighted by Crippen LogP contribution is -2.55. The molecule has 1 unspecified atom stereocenters. The molecule has 33 heavy (non-hydrogen) atoms. The molecule has 186 valence electrons. The van der Waals surface area contributed by atoms with Crippen molar-refractivity contribution in [3.63, 3.8) is 0 Å². The Kier molecular flexibility index (Phi) is 6.22. The summed E-state index contributed by atoms with van der Waals surface area (Å²) in [7, 11) is 0. The summed E-state index contributed by atoms with van der Waals surface area (Å²) < 4.78 is 0. The number of rotatable bonds is 5. The molecular weight excluding hydrogens is 412 g/mol. The molecule has 0 spiro atoms. The lowest BCUT2D eigenvalue weighted by Gasteiger charge is -2.62. The molecule has 2 saturated carbocycles. The van der Waals surface area contributed by atoms with Crippen molar-refractivity contribution in [1.29, 1.82) is 0 Å². The van der Waals surface area contributed by atoms with Gasteiger partial charge in [-0.25, -0.2) is 4.79 Å². The fraction of sp³-hybridized carbons (Fsp3) is 0.828. The summed E-state index contributed by atoms with van der Waals surface area (Å²) in [6.07, 6.45) is 11.4. The summed E-state index contributed by atoms with van der Waals surface area (Å²) in [6, 6.07) is 0. The van der Waals surface area contributed by atoms with Crippen molar-refractivity contribution >= 4 is 5.97 Å². The first-order valence-electron chi connectivity index (χ1n) is 13.3. The largest absolute Gasteiger partial charge is 0.478 e. The summed E-state index contributed by atoms with van der Waals surface area (Å²) >= 11 is 0. The minimum absolute atomic E-state index is 0.0342. The van der Waals surface area contributed by atoms with Crippen LogP contribution in [-0.4, -0.2) is 33.5 Å². The average molecular weight is 459 g/mol. The number of aliphatic hydroxyl groups is 2. The number of aliphatic hydroxyl groups excluding tert-OH is 2. The summed E-state index contributed by atoms with van der Waals surface area (Å²) in [6.45, 7) is 14.2. The van der Waals surface area contributed by atoms with Crippen LogP contribution in [0.2, 0.25) is 0 Å². The zero-order valence-corrected chi connectivity index (χ0v) is 21.7. The molecule has 0 bridgehead atoms. The maximum Gasteiger partial charge on any atom is 0.327 e. The Hall–Kier alpha value is -1.13. The number of carbonyl (C=O) groups is 1. The molecule has 4 aliphatic carbocycles. The van der Waals surface area contributed by atoms with Gasteiger partial charge in [-0.1, -0.05) is 58.8 Å². The molecule has 4 heteroatoms. The van der Waals surface area contributed by atoms with Crippen molar-refractivity contribution in [3.8, 4) is 0 Å². The highest BCUT2D eigenvalue weighted by Crippen LogP contribution is 2.72. The van der Waals surface area contributed by atoms with Crippen LogP contribution in [0, 0.1) is 39.4 Å². The molecule has 8 atom stereocenters. The number of aliphatic carboxylic acids is 1. The zero-order chi connectivity index (χ0) is 24.4. The highest BCUT2D eigenvalue weighted by atomic mass is 16.4. The molecule has 0 aromatic rings. The van der Waals surface area contributed by atoms with Gasteiger partial charge in [0.15, 0.2) is 0 Å². The third-order valence-electron chi connectivity index (χ3n) is 11.7. The van der Waals surface area contributed by atoms with E-state index in [1.807, 2.05) is 0 Å². The van der Waals surface area contributed by atoms with Gasteiger partial charge in [0.2, 0.25) is 0 Å². The molecule has 0 aromatic heterocycles. The van der Waals surface area contributed by atoms with Gasteiger partial charge in [-0.05, 0) is 97.2 Å². The van der Waals surface area contributed by atoms with Gasteiger partial charge >= 0.3 is 5.97 Å². The monoisotopic (exact) mass is 458 g/mol. The fourth-order valence-electron chi connectivity index (χ4n) is 9.35. The number of hydrogen-bond donors (Lipinski definition) is 3. The van der Waals surface area contributed by atoms with E-state index < -0.39 is 12.1 Å². The van der Waals surface area contributed by atoms with E-state index in [0.29, 0.717) is 18.3 Å². The first kappa shape index (κ1) is 25.0. The van der Waals surface area contributed by atoms with Crippen molar-refractivity contribution in [2.24, 2.45) is 39.4 Å². The Morgan fingerprint density at radius 3 is 2.39 bits per heavy atom. The molecule has 0 radical (unpaired) electrons. The van der Waals surface area contributed by atoms with Gasteiger partial charge in [0.1, 0.15) is 0 Å². The molecule has 4 rings (SSSR count). The second-order valence-corrected chi connectivity index (χ2v) is 13.1. The van der Waals surface area contributed by atoms with Gasteiger partial charge in [-0.15, -0.1) is 0 Å². The SMILES string of the molecule is C[C@@H]([C@H]1CC[C@@]2(C)C3=C(CC[C@]12C)[C@@]1(C)CC[C@H](O)C(C)(C)C1CC3)[C@@H](O)C/C=C/C(=O)O. The van der Waals surface area contributed by atoms with Gasteiger partial charge in [-0.2, -0.15) is 0 Å². The van der Waals surface area contributed by atoms with Crippen LogP contribution in [-0.2, 0) is 4.79 Å². The van der Waals surface area contributed by atoms with Gasteiger partial charge in [0.05, 0.1) is 12.2 Å². The van der Waals surface area contributed by atoms with Crippen molar-refractivity contribution in [3.05, 3.63) is 23.3 Å². The van der Waals surface area contributed by atoms with Gasteiger partial charge in [0, 0.05) is 6.08 Å². The third-order valence-corrected chi connectivity index (χ3v) is 11.7. The predicted octanol–water partition coefficient (Wildman–Crippen LogP) is 6.12. The molecule has 3 N–H and O–H groups in total. The maximum absolute atomic E-state index is 10.9. The van der Waals surface area contributed by atoms with E-state index in [-0.39, 0.29) is 33.7 Å². The van der Waals surface area contributed by atoms with E-state index in [4.69, 9.17) is 5.11 Å². The van der Waals surface area contributed by atoms with Crippen molar-refractivity contribution in [2.45, 2.75) is 112 Å². The van der Waals surface area contributed by atoms with Crippen LogP contribution in [0.15, 0.2) is 23.3 Å². The highest BCUT2D eigenvalue weighted by Gasteiger charge is 2.63. The van der Waals surface area contributed by atoms with Crippen LogP contribution in [0.1, 0.15) is 99.3 Å². The number of carboxylic acids is 1. The van der Waals surface area contributed by atoms with Gasteiger partial charge in [0.25, 0.3) is 0 Å². The van der Waals surface area contributed by atoms with E-state index in [0.717, 1.165) is 38.2 Å². The number of carboxylic acid groups (broad SMARTS) is 1. The molecule has 0 aromatic carbocycles. The highest BCUT2D eigenvalue weighted by molar-refractivity contribution is 5.79. The molecule has 2 fully saturated rings. The van der Waals surface area contributed by atoms with Crippen molar-refractivity contribution in [1.82, 2.24) is 0 Å². The molecule has 0 amide bonds. The van der Waals surface area contributed by atoms with E-state index in [1.165, 1.54) is 19.3 Å². The van der Waals surface area contributed by atoms with E-state index >= 15 is 0 Å². The number of allylic oxidation sites excluding steroid dienone is 2. The summed E-state index contributed by atoms with van der Waals surface area (Å²) in [5.41, 5.74) is 3.94.